The molecule has 0 saturated carbocycles. The fourth-order valence-electron chi connectivity index (χ4n) is 4.23. The SMILES string of the molecule is CC1(C)Cc2c(nc(N3CCOCC3)c3sc(C(=O)c4ccc(Br)cc4)c(N)c23)CO1. The molecule has 1 saturated heterocycles. The van der Waals surface area contributed by atoms with E-state index in [0.29, 0.717) is 42.4 Å². The van der Waals surface area contributed by atoms with Crippen LogP contribution in [0.5, 0.6) is 0 Å². The van der Waals surface area contributed by atoms with Gasteiger partial charge in [0.05, 0.1) is 46.4 Å². The molecule has 5 rings (SSSR count). The fraction of sp³-hybridized carbons (Fsp3) is 0.391. The summed E-state index contributed by atoms with van der Waals surface area (Å²) in [5.74, 6) is 0.825. The Hall–Kier alpha value is -2.00. The summed E-state index contributed by atoms with van der Waals surface area (Å²) in [7, 11) is 0. The van der Waals surface area contributed by atoms with Gasteiger partial charge in [-0.2, -0.15) is 0 Å². The second kappa shape index (κ2) is 7.85. The van der Waals surface area contributed by atoms with Gasteiger partial charge in [0.2, 0.25) is 5.78 Å². The van der Waals surface area contributed by atoms with Crippen LogP contribution in [0.25, 0.3) is 10.1 Å². The predicted molar refractivity (Wildman–Crippen MR) is 127 cm³/mol. The summed E-state index contributed by atoms with van der Waals surface area (Å²) in [6.07, 6.45) is 0.710. The van der Waals surface area contributed by atoms with Crippen LogP contribution in [0.4, 0.5) is 11.5 Å². The van der Waals surface area contributed by atoms with Crippen molar-refractivity contribution < 1.29 is 14.3 Å². The smallest absolute Gasteiger partial charge is 0.205 e. The van der Waals surface area contributed by atoms with Gasteiger partial charge in [-0.3, -0.25) is 4.79 Å². The van der Waals surface area contributed by atoms with Gasteiger partial charge in [-0.1, -0.05) is 15.9 Å². The third-order valence-corrected chi connectivity index (χ3v) is 7.59. The Morgan fingerprint density at radius 2 is 1.94 bits per heavy atom. The van der Waals surface area contributed by atoms with E-state index >= 15 is 0 Å². The lowest BCUT2D eigenvalue weighted by Crippen LogP contribution is -2.38. The van der Waals surface area contributed by atoms with Crippen LogP contribution in [0, 0.1) is 0 Å². The number of hydrogen-bond donors (Lipinski definition) is 1. The first-order chi connectivity index (χ1) is 14.8. The first kappa shape index (κ1) is 20.9. The topological polar surface area (TPSA) is 77.7 Å². The summed E-state index contributed by atoms with van der Waals surface area (Å²) in [5, 5.41) is 0.966. The van der Waals surface area contributed by atoms with E-state index < -0.39 is 0 Å². The van der Waals surface area contributed by atoms with Gasteiger partial charge in [-0.15, -0.1) is 11.3 Å². The van der Waals surface area contributed by atoms with Crippen LogP contribution in [0.1, 0.15) is 40.3 Å². The molecule has 0 aliphatic carbocycles. The molecule has 2 N–H and O–H groups in total. The number of morpholine rings is 1. The number of carbonyl (C=O) groups excluding carboxylic acids is 1. The van der Waals surface area contributed by atoms with Gasteiger partial charge in [0.1, 0.15) is 5.82 Å². The zero-order valence-electron chi connectivity index (χ0n) is 17.5. The van der Waals surface area contributed by atoms with Crippen molar-refractivity contribution >= 4 is 54.6 Å². The average molecular weight is 502 g/mol. The maximum atomic E-state index is 13.4. The normalized spacial score (nSPS) is 18.2. The van der Waals surface area contributed by atoms with E-state index in [9.17, 15) is 4.79 Å². The molecule has 0 bridgehead atoms. The number of thiophene rings is 1. The molecule has 2 aliphatic rings. The number of aromatic nitrogens is 1. The van der Waals surface area contributed by atoms with Crippen molar-refractivity contribution in [2.45, 2.75) is 32.5 Å². The third kappa shape index (κ3) is 3.75. The Labute approximate surface area is 193 Å². The maximum Gasteiger partial charge on any atom is 0.205 e. The van der Waals surface area contributed by atoms with E-state index in [1.54, 1.807) is 0 Å². The summed E-state index contributed by atoms with van der Waals surface area (Å²) in [6, 6.07) is 7.39. The number of anilines is 2. The van der Waals surface area contributed by atoms with E-state index in [4.69, 9.17) is 20.2 Å². The maximum absolute atomic E-state index is 13.4. The molecule has 2 aromatic heterocycles. The third-order valence-electron chi connectivity index (χ3n) is 5.86. The lowest BCUT2D eigenvalue weighted by Gasteiger charge is -2.34. The van der Waals surface area contributed by atoms with Crippen LogP contribution >= 0.6 is 27.3 Å². The minimum atomic E-state index is -0.299. The van der Waals surface area contributed by atoms with Crippen LogP contribution in [-0.2, 0) is 22.5 Å². The van der Waals surface area contributed by atoms with Gasteiger partial charge < -0.3 is 20.1 Å². The highest BCUT2D eigenvalue weighted by atomic mass is 79.9. The van der Waals surface area contributed by atoms with Crippen LogP contribution in [0.3, 0.4) is 0 Å². The highest BCUT2D eigenvalue weighted by Gasteiger charge is 2.33. The molecule has 1 aromatic carbocycles. The van der Waals surface area contributed by atoms with Crippen LogP contribution in [-0.4, -0.2) is 42.7 Å². The molecule has 1 fully saturated rings. The number of carbonyl (C=O) groups is 1. The Balaban J connectivity index is 1.71. The molecule has 162 valence electrons. The minimum absolute atomic E-state index is 0.0563. The lowest BCUT2D eigenvalue weighted by atomic mass is 9.91. The summed E-state index contributed by atoms with van der Waals surface area (Å²) in [5.41, 5.74) is 9.59. The molecule has 6 nitrogen and oxygen atoms in total. The molecular weight excluding hydrogens is 478 g/mol. The zero-order chi connectivity index (χ0) is 21.8. The van der Waals surface area contributed by atoms with Gasteiger partial charge in [0, 0.05) is 34.9 Å². The number of fused-ring (bicyclic) bond motifs is 3. The van der Waals surface area contributed by atoms with Crippen molar-refractivity contribution in [1.29, 1.82) is 0 Å². The van der Waals surface area contributed by atoms with E-state index in [1.165, 1.54) is 11.3 Å². The van der Waals surface area contributed by atoms with E-state index in [2.05, 4.69) is 34.7 Å². The Morgan fingerprint density at radius 3 is 2.65 bits per heavy atom. The number of pyridine rings is 1. The average Bonchev–Trinajstić information content (AvgIpc) is 3.11. The highest BCUT2D eigenvalue weighted by molar-refractivity contribution is 9.10. The minimum Gasteiger partial charge on any atom is -0.397 e. The monoisotopic (exact) mass is 501 g/mol. The van der Waals surface area contributed by atoms with Gasteiger partial charge in [-0.25, -0.2) is 4.98 Å². The number of nitrogens with two attached hydrogens (primary N) is 1. The molecule has 3 aromatic rings. The number of nitrogen functional groups attached to an aromatic ring is 1. The van der Waals surface area contributed by atoms with Crippen molar-refractivity contribution in [3.05, 3.63) is 50.4 Å². The highest BCUT2D eigenvalue weighted by Crippen LogP contribution is 2.45. The van der Waals surface area contributed by atoms with Gasteiger partial charge in [-0.05, 0) is 43.7 Å². The zero-order valence-corrected chi connectivity index (χ0v) is 19.9. The Bertz CT molecular complexity index is 1170. The van der Waals surface area contributed by atoms with Crippen molar-refractivity contribution in [3.8, 4) is 0 Å². The molecular formula is C23H24BrN3O3S. The van der Waals surface area contributed by atoms with E-state index in [1.807, 2.05) is 24.3 Å². The summed E-state index contributed by atoms with van der Waals surface area (Å²) < 4.78 is 13.5. The molecule has 4 heterocycles. The van der Waals surface area contributed by atoms with Crippen molar-refractivity contribution in [2.75, 3.05) is 36.9 Å². The summed E-state index contributed by atoms with van der Waals surface area (Å²) in [4.78, 5) is 21.2. The van der Waals surface area contributed by atoms with Gasteiger partial charge >= 0.3 is 0 Å². The first-order valence-corrected chi connectivity index (χ1v) is 12.0. The van der Waals surface area contributed by atoms with Crippen LogP contribution in [0.15, 0.2) is 28.7 Å². The largest absolute Gasteiger partial charge is 0.397 e. The van der Waals surface area contributed by atoms with Crippen molar-refractivity contribution in [1.82, 2.24) is 4.98 Å². The van der Waals surface area contributed by atoms with E-state index in [-0.39, 0.29) is 11.4 Å². The number of hydrogen-bond acceptors (Lipinski definition) is 7. The number of nitrogens with zero attached hydrogens (tertiary/aromatic N) is 2. The molecule has 0 unspecified atom stereocenters. The van der Waals surface area contributed by atoms with Gasteiger partial charge in [0.25, 0.3) is 0 Å². The molecule has 0 amide bonds. The molecule has 2 aliphatic heterocycles. The second-order valence-electron chi connectivity index (χ2n) is 8.57. The number of benzene rings is 1. The predicted octanol–water partition coefficient (Wildman–Crippen LogP) is 4.56. The summed E-state index contributed by atoms with van der Waals surface area (Å²) in [6.45, 7) is 7.45. The molecule has 0 atom stereocenters. The quantitative estimate of drug-likeness (QED) is 0.530. The molecule has 31 heavy (non-hydrogen) atoms. The van der Waals surface area contributed by atoms with Crippen molar-refractivity contribution in [3.63, 3.8) is 0 Å². The molecule has 8 heteroatoms. The summed E-state index contributed by atoms with van der Waals surface area (Å²) >= 11 is 4.88. The first-order valence-electron chi connectivity index (χ1n) is 10.3. The Kier molecular flexibility index (Phi) is 5.29. The Morgan fingerprint density at radius 1 is 1.23 bits per heavy atom. The van der Waals surface area contributed by atoms with Crippen LogP contribution in [0.2, 0.25) is 0 Å². The number of halogens is 1. The number of ketones is 1. The van der Waals surface area contributed by atoms with Crippen LogP contribution < -0.4 is 10.6 Å². The lowest BCUT2D eigenvalue weighted by molar-refractivity contribution is -0.0415. The molecule has 0 radical (unpaired) electrons. The van der Waals surface area contributed by atoms with Crippen molar-refractivity contribution in [2.24, 2.45) is 0 Å². The van der Waals surface area contributed by atoms with E-state index in [0.717, 1.165) is 44.7 Å². The standard InChI is InChI=1S/C23H24BrN3O3S/c1-23(2)11-15-16(12-30-23)26-22(27-7-9-29-10-8-27)20-17(15)18(25)21(31-20)19(28)13-3-5-14(24)6-4-13/h3-6H,7-12,25H2,1-2H3. The number of rotatable bonds is 3. The molecule has 0 spiro atoms. The van der Waals surface area contributed by atoms with Gasteiger partial charge in [0.15, 0.2) is 0 Å². The second-order valence-corrected chi connectivity index (χ2v) is 10.5. The fourth-order valence-corrected chi connectivity index (χ4v) is 5.72. The number of ether oxygens (including phenoxy) is 2.